The van der Waals surface area contributed by atoms with E-state index in [1.807, 2.05) is 12.1 Å². The average molecular weight is 296 g/mol. The quantitative estimate of drug-likeness (QED) is 0.796. The summed E-state index contributed by atoms with van der Waals surface area (Å²) in [4.78, 5) is 4.57. The van der Waals surface area contributed by atoms with Crippen molar-refractivity contribution in [2.45, 2.75) is 26.4 Å². The maximum atomic E-state index is 9.96. The molecule has 0 bridgehead atoms. The molecule has 1 unspecified atom stereocenters. The zero-order valence-electron chi connectivity index (χ0n) is 14.0. The van der Waals surface area contributed by atoms with Crippen LogP contribution in [0.5, 0.6) is 17.2 Å². The molecule has 0 aliphatic rings. The fourth-order valence-corrected chi connectivity index (χ4v) is 2.50. The zero-order valence-corrected chi connectivity index (χ0v) is 14.0. The van der Waals surface area contributed by atoms with Crippen LogP contribution in [-0.4, -0.2) is 62.4 Å². The van der Waals surface area contributed by atoms with Gasteiger partial charge in [-0.15, -0.1) is 0 Å². The molecular weight excluding hydrogens is 268 g/mol. The third-order valence-electron chi connectivity index (χ3n) is 3.58. The molecule has 0 spiro atoms. The summed E-state index contributed by atoms with van der Waals surface area (Å²) in [5.41, 5.74) is 1.06. The molecule has 0 amide bonds. The van der Waals surface area contributed by atoms with Crippen LogP contribution >= 0.6 is 0 Å². The second-order valence-corrected chi connectivity index (χ2v) is 5.52. The van der Waals surface area contributed by atoms with E-state index in [2.05, 4.69) is 37.7 Å². The van der Waals surface area contributed by atoms with E-state index in [-0.39, 0.29) is 5.75 Å². The van der Waals surface area contributed by atoms with E-state index in [0.717, 1.165) is 25.2 Å². The Labute approximate surface area is 128 Å². The predicted octanol–water partition coefficient (Wildman–Crippen LogP) is 2.18. The summed E-state index contributed by atoms with van der Waals surface area (Å²) < 4.78 is 10.4. The van der Waals surface area contributed by atoms with Crippen LogP contribution in [0.25, 0.3) is 0 Å². The summed E-state index contributed by atoms with van der Waals surface area (Å²) >= 11 is 0. The Morgan fingerprint density at radius 3 is 2.05 bits per heavy atom. The van der Waals surface area contributed by atoms with Gasteiger partial charge in [0.2, 0.25) is 5.75 Å². The molecular formula is C16H28N2O3. The highest BCUT2D eigenvalue weighted by Crippen LogP contribution is 2.37. The number of phenols is 1. The Morgan fingerprint density at radius 2 is 1.67 bits per heavy atom. The number of methoxy groups -OCH3 is 2. The molecule has 21 heavy (non-hydrogen) atoms. The van der Waals surface area contributed by atoms with Gasteiger partial charge in [0.15, 0.2) is 11.5 Å². The molecule has 5 heteroatoms. The third-order valence-corrected chi connectivity index (χ3v) is 3.58. The maximum Gasteiger partial charge on any atom is 0.200 e. The van der Waals surface area contributed by atoms with Gasteiger partial charge in [0.25, 0.3) is 0 Å². The maximum absolute atomic E-state index is 9.96. The number of nitrogens with zero attached hydrogens (tertiary/aromatic N) is 2. The SMILES string of the molecule is CCN(Cc1cc(OC)c(O)c(OC)c1)C(C)CN(C)C. The number of aromatic hydroxyl groups is 1. The molecule has 1 N–H and O–H groups in total. The molecule has 5 nitrogen and oxygen atoms in total. The number of phenolic OH excluding ortho intramolecular Hbond substituents is 1. The van der Waals surface area contributed by atoms with Crippen molar-refractivity contribution < 1.29 is 14.6 Å². The standard InChI is InChI=1S/C16H28N2O3/c1-7-18(12(2)10-17(3)4)11-13-8-14(20-5)16(19)15(9-13)21-6/h8-9,12,19H,7,10-11H2,1-6H3. The molecule has 1 atom stereocenters. The molecule has 0 heterocycles. The van der Waals surface area contributed by atoms with Gasteiger partial charge in [-0.25, -0.2) is 0 Å². The van der Waals surface area contributed by atoms with Crippen molar-refractivity contribution in [2.75, 3.05) is 41.4 Å². The minimum atomic E-state index is 0.0492. The van der Waals surface area contributed by atoms with Crippen LogP contribution in [0.3, 0.4) is 0 Å². The first kappa shape index (κ1) is 17.6. The molecule has 0 aliphatic carbocycles. The minimum absolute atomic E-state index is 0.0492. The molecule has 1 aromatic rings. The van der Waals surface area contributed by atoms with Crippen molar-refractivity contribution >= 4 is 0 Å². The van der Waals surface area contributed by atoms with Crippen LogP contribution in [0.4, 0.5) is 0 Å². The lowest BCUT2D eigenvalue weighted by molar-refractivity contribution is 0.174. The first-order valence-electron chi connectivity index (χ1n) is 7.25. The number of ether oxygens (including phenoxy) is 2. The van der Waals surface area contributed by atoms with Crippen LogP contribution in [0.15, 0.2) is 12.1 Å². The average Bonchev–Trinajstić information content (AvgIpc) is 2.44. The van der Waals surface area contributed by atoms with Crippen molar-refractivity contribution in [1.29, 1.82) is 0 Å². The van der Waals surface area contributed by atoms with Gasteiger partial charge in [0, 0.05) is 19.1 Å². The Hall–Kier alpha value is -1.46. The van der Waals surface area contributed by atoms with E-state index in [1.165, 1.54) is 0 Å². The molecule has 0 radical (unpaired) electrons. The summed E-state index contributed by atoms with van der Waals surface area (Å²) in [6, 6.07) is 4.17. The van der Waals surface area contributed by atoms with Gasteiger partial charge < -0.3 is 19.5 Å². The zero-order chi connectivity index (χ0) is 16.0. The van der Waals surface area contributed by atoms with E-state index in [1.54, 1.807) is 14.2 Å². The van der Waals surface area contributed by atoms with Crippen molar-refractivity contribution in [1.82, 2.24) is 9.80 Å². The third kappa shape index (κ3) is 4.79. The first-order chi connectivity index (χ1) is 9.92. The molecule has 120 valence electrons. The monoisotopic (exact) mass is 296 g/mol. The van der Waals surface area contributed by atoms with Crippen molar-refractivity contribution in [3.63, 3.8) is 0 Å². The lowest BCUT2D eigenvalue weighted by atomic mass is 10.1. The van der Waals surface area contributed by atoms with Crippen LogP contribution in [-0.2, 0) is 6.54 Å². The van der Waals surface area contributed by atoms with Crippen molar-refractivity contribution in [2.24, 2.45) is 0 Å². The molecule has 1 rings (SSSR count). The number of benzene rings is 1. The summed E-state index contributed by atoms with van der Waals surface area (Å²) in [5, 5.41) is 9.96. The minimum Gasteiger partial charge on any atom is -0.502 e. The highest BCUT2D eigenvalue weighted by atomic mass is 16.5. The van der Waals surface area contributed by atoms with Gasteiger partial charge >= 0.3 is 0 Å². The number of rotatable bonds is 8. The fraction of sp³-hybridized carbons (Fsp3) is 0.625. The largest absolute Gasteiger partial charge is 0.502 e. The predicted molar refractivity (Wildman–Crippen MR) is 85.3 cm³/mol. The number of hydrogen-bond acceptors (Lipinski definition) is 5. The van der Waals surface area contributed by atoms with Crippen LogP contribution in [0.1, 0.15) is 19.4 Å². The normalized spacial score (nSPS) is 12.8. The fourth-order valence-electron chi connectivity index (χ4n) is 2.50. The Kier molecular flexibility index (Phi) is 6.78. The summed E-state index contributed by atoms with van der Waals surface area (Å²) in [7, 11) is 7.25. The highest BCUT2D eigenvalue weighted by molar-refractivity contribution is 5.52. The summed E-state index contributed by atoms with van der Waals surface area (Å²) in [6.45, 7) is 7.12. The lowest BCUT2D eigenvalue weighted by Gasteiger charge is -2.30. The lowest BCUT2D eigenvalue weighted by Crippen LogP contribution is -2.39. The van der Waals surface area contributed by atoms with Gasteiger partial charge in [-0.3, -0.25) is 4.90 Å². The summed E-state index contributed by atoms with van der Waals surface area (Å²) in [6.07, 6.45) is 0. The van der Waals surface area contributed by atoms with Gasteiger partial charge in [0.1, 0.15) is 0 Å². The molecule has 0 aliphatic heterocycles. The van der Waals surface area contributed by atoms with Crippen LogP contribution in [0, 0.1) is 0 Å². The molecule has 0 saturated carbocycles. The van der Waals surface area contributed by atoms with E-state index in [9.17, 15) is 5.11 Å². The Morgan fingerprint density at radius 1 is 1.14 bits per heavy atom. The number of hydrogen-bond donors (Lipinski definition) is 1. The second kappa shape index (κ2) is 8.10. The summed E-state index contributed by atoms with van der Waals surface area (Å²) in [5.74, 6) is 0.939. The van der Waals surface area contributed by atoms with Crippen LogP contribution < -0.4 is 9.47 Å². The Bertz CT molecular complexity index is 424. The van der Waals surface area contributed by atoms with Crippen molar-refractivity contribution in [3.05, 3.63) is 17.7 Å². The molecule has 0 saturated heterocycles. The molecule has 0 fully saturated rings. The first-order valence-corrected chi connectivity index (χ1v) is 7.25. The smallest absolute Gasteiger partial charge is 0.200 e. The van der Waals surface area contributed by atoms with Gasteiger partial charge in [-0.05, 0) is 45.3 Å². The topological polar surface area (TPSA) is 45.2 Å². The van der Waals surface area contributed by atoms with Crippen LogP contribution in [0.2, 0.25) is 0 Å². The molecule has 1 aromatic carbocycles. The molecule has 0 aromatic heterocycles. The van der Waals surface area contributed by atoms with Gasteiger partial charge in [-0.2, -0.15) is 0 Å². The van der Waals surface area contributed by atoms with Gasteiger partial charge in [0.05, 0.1) is 14.2 Å². The van der Waals surface area contributed by atoms with E-state index in [0.29, 0.717) is 17.5 Å². The Balaban J connectivity index is 2.94. The number of likely N-dealkylation sites (N-methyl/N-ethyl adjacent to an activating group) is 2. The van der Waals surface area contributed by atoms with E-state index >= 15 is 0 Å². The second-order valence-electron chi connectivity index (χ2n) is 5.52. The van der Waals surface area contributed by atoms with E-state index in [4.69, 9.17) is 9.47 Å². The van der Waals surface area contributed by atoms with Crippen molar-refractivity contribution in [3.8, 4) is 17.2 Å². The highest BCUT2D eigenvalue weighted by Gasteiger charge is 2.16. The van der Waals surface area contributed by atoms with Gasteiger partial charge in [-0.1, -0.05) is 6.92 Å². The van der Waals surface area contributed by atoms with E-state index < -0.39 is 0 Å².